The Morgan fingerprint density at radius 1 is 1.07 bits per heavy atom. The second kappa shape index (κ2) is 8.53. The van der Waals surface area contributed by atoms with Crippen molar-refractivity contribution in [3.8, 4) is 0 Å². The lowest BCUT2D eigenvalue weighted by Gasteiger charge is -2.27. The number of carbonyl (C=O) groups is 1. The Hall–Kier alpha value is -1.16. The average Bonchev–Trinajstić information content (AvgIpc) is 3.48. The first-order valence-corrected chi connectivity index (χ1v) is 13.0. The van der Waals surface area contributed by atoms with E-state index in [4.69, 9.17) is 0 Å². The molecular formula is C20H28FN3O3S2. The molecule has 0 radical (unpaired) electrons. The van der Waals surface area contributed by atoms with Crippen molar-refractivity contribution >= 4 is 27.7 Å². The number of halogens is 1. The summed E-state index contributed by atoms with van der Waals surface area (Å²) in [5.74, 6) is -1.12. The normalized spacial score (nSPS) is 26.5. The minimum Gasteiger partial charge on any atom is -0.339 e. The number of likely N-dealkylation sites (tertiary alicyclic amines) is 2. The number of nitrogens with zero attached hydrogens (tertiary/aromatic N) is 3. The molecule has 1 amide bonds. The van der Waals surface area contributed by atoms with Crippen LogP contribution in [0.4, 0.5) is 4.39 Å². The van der Waals surface area contributed by atoms with Crippen LogP contribution in [0.15, 0.2) is 23.1 Å². The zero-order chi connectivity index (χ0) is 20.6. The number of amides is 1. The largest absolute Gasteiger partial charge is 0.339 e. The molecule has 6 nitrogen and oxygen atoms in total. The lowest BCUT2D eigenvalue weighted by Crippen LogP contribution is -2.40. The fourth-order valence-electron chi connectivity index (χ4n) is 4.64. The molecule has 2 atom stereocenters. The van der Waals surface area contributed by atoms with E-state index in [-0.39, 0.29) is 27.7 Å². The lowest BCUT2D eigenvalue weighted by atomic mass is 10.2. The summed E-state index contributed by atoms with van der Waals surface area (Å²) in [6.07, 6.45) is 6.17. The molecule has 3 heterocycles. The van der Waals surface area contributed by atoms with Crippen LogP contribution < -0.4 is 0 Å². The quantitative estimate of drug-likeness (QED) is 0.702. The van der Waals surface area contributed by atoms with Crippen LogP contribution in [0.25, 0.3) is 0 Å². The second-order valence-electron chi connectivity index (χ2n) is 8.05. The van der Waals surface area contributed by atoms with E-state index in [2.05, 4.69) is 4.90 Å². The van der Waals surface area contributed by atoms with Crippen molar-refractivity contribution in [2.75, 3.05) is 45.5 Å². The van der Waals surface area contributed by atoms with Gasteiger partial charge < -0.3 is 4.90 Å². The van der Waals surface area contributed by atoms with Crippen molar-refractivity contribution in [2.45, 2.75) is 41.9 Å². The molecule has 0 unspecified atom stereocenters. The molecule has 0 saturated carbocycles. The van der Waals surface area contributed by atoms with E-state index in [1.165, 1.54) is 16.4 Å². The Bertz CT molecular complexity index is 868. The van der Waals surface area contributed by atoms with Crippen LogP contribution in [-0.4, -0.2) is 85.2 Å². The van der Waals surface area contributed by atoms with Crippen molar-refractivity contribution in [1.82, 2.24) is 14.1 Å². The highest BCUT2D eigenvalue weighted by atomic mass is 32.2. The molecule has 3 aliphatic heterocycles. The van der Waals surface area contributed by atoms with Gasteiger partial charge in [0.25, 0.3) is 5.91 Å². The molecule has 29 heavy (non-hydrogen) atoms. The van der Waals surface area contributed by atoms with Gasteiger partial charge in [0.2, 0.25) is 10.0 Å². The lowest BCUT2D eigenvalue weighted by molar-refractivity contribution is 0.0788. The molecule has 3 saturated heterocycles. The SMILES string of the molecule is CS[C@@H]1CN(S(=O)(=O)c2ccc(C(=O)N3CCCC3)c(F)c2)C[C@H]1N1CCCC1. The summed E-state index contributed by atoms with van der Waals surface area (Å²) in [7, 11) is -3.80. The van der Waals surface area contributed by atoms with Gasteiger partial charge in [0.1, 0.15) is 5.82 Å². The Morgan fingerprint density at radius 2 is 1.72 bits per heavy atom. The Morgan fingerprint density at radius 3 is 2.34 bits per heavy atom. The summed E-state index contributed by atoms with van der Waals surface area (Å²) in [6, 6.07) is 3.90. The highest BCUT2D eigenvalue weighted by molar-refractivity contribution is 7.99. The topological polar surface area (TPSA) is 60.9 Å². The molecule has 0 N–H and O–H groups in total. The van der Waals surface area contributed by atoms with Crippen molar-refractivity contribution in [1.29, 1.82) is 0 Å². The van der Waals surface area contributed by atoms with Crippen LogP contribution in [0.1, 0.15) is 36.0 Å². The maximum Gasteiger partial charge on any atom is 0.256 e. The van der Waals surface area contributed by atoms with Crippen molar-refractivity contribution < 1.29 is 17.6 Å². The maximum absolute atomic E-state index is 14.7. The number of sulfonamides is 1. The molecule has 1 aromatic carbocycles. The number of hydrogen-bond acceptors (Lipinski definition) is 5. The van der Waals surface area contributed by atoms with Crippen molar-refractivity contribution in [3.63, 3.8) is 0 Å². The highest BCUT2D eigenvalue weighted by Gasteiger charge is 2.42. The molecule has 0 spiro atoms. The van der Waals surface area contributed by atoms with Gasteiger partial charge in [0.05, 0.1) is 10.5 Å². The third-order valence-corrected chi connectivity index (χ3v) is 9.21. The maximum atomic E-state index is 14.7. The monoisotopic (exact) mass is 441 g/mol. The standard InChI is InChI=1S/C20H28FN3O3S2/c1-28-19-14-24(13-18(19)22-8-2-3-9-22)29(26,27)15-6-7-16(17(21)12-15)20(25)23-10-4-5-11-23/h6-7,12,18-19H,2-5,8-11,13-14H2,1H3/t18-,19-/m1/s1. The third kappa shape index (κ3) is 4.06. The van der Waals surface area contributed by atoms with Crippen LogP contribution in [0.5, 0.6) is 0 Å². The highest BCUT2D eigenvalue weighted by Crippen LogP contribution is 2.32. The van der Waals surface area contributed by atoms with Crippen LogP contribution in [0.3, 0.4) is 0 Å². The van der Waals surface area contributed by atoms with Crippen LogP contribution in [-0.2, 0) is 10.0 Å². The summed E-state index contributed by atoms with van der Waals surface area (Å²) < 4.78 is 42.5. The van der Waals surface area contributed by atoms with E-state index in [1.54, 1.807) is 16.7 Å². The van der Waals surface area contributed by atoms with Gasteiger partial charge in [-0.15, -0.1) is 0 Å². The molecule has 9 heteroatoms. The van der Waals surface area contributed by atoms with E-state index in [1.807, 2.05) is 6.26 Å². The van der Waals surface area contributed by atoms with E-state index in [9.17, 15) is 17.6 Å². The van der Waals surface area contributed by atoms with E-state index in [0.717, 1.165) is 44.8 Å². The predicted octanol–water partition coefficient (Wildman–Crippen LogP) is 2.26. The van der Waals surface area contributed by atoms with Gasteiger partial charge in [-0.3, -0.25) is 9.69 Å². The summed E-state index contributed by atoms with van der Waals surface area (Å²) in [5.41, 5.74) is -0.0517. The van der Waals surface area contributed by atoms with Crippen molar-refractivity contribution in [2.24, 2.45) is 0 Å². The summed E-state index contributed by atoms with van der Waals surface area (Å²) in [5, 5.41) is 0.212. The molecule has 3 aliphatic rings. The summed E-state index contributed by atoms with van der Waals surface area (Å²) >= 11 is 1.69. The first kappa shape index (κ1) is 21.1. The van der Waals surface area contributed by atoms with Crippen LogP contribution >= 0.6 is 11.8 Å². The molecular weight excluding hydrogens is 413 g/mol. The number of hydrogen-bond donors (Lipinski definition) is 0. The molecule has 3 fully saturated rings. The first-order chi connectivity index (χ1) is 13.9. The fourth-order valence-corrected chi connectivity index (χ4v) is 7.14. The smallest absolute Gasteiger partial charge is 0.256 e. The zero-order valence-electron chi connectivity index (χ0n) is 16.7. The van der Waals surface area contributed by atoms with Gasteiger partial charge in [-0.2, -0.15) is 16.1 Å². The van der Waals surface area contributed by atoms with E-state index < -0.39 is 15.8 Å². The fraction of sp³-hybridized carbons (Fsp3) is 0.650. The molecule has 0 aliphatic carbocycles. The molecule has 0 aromatic heterocycles. The summed E-state index contributed by atoms with van der Waals surface area (Å²) in [6.45, 7) is 4.14. The number of carbonyl (C=O) groups excluding carboxylic acids is 1. The Labute approximate surface area is 176 Å². The number of benzene rings is 1. The molecule has 1 aromatic rings. The van der Waals surface area contributed by atoms with Gasteiger partial charge >= 0.3 is 0 Å². The molecule has 4 rings (SSSR count). The Balaban J connectivity index is 1.54. The van der Waals surface area contributed by atoms with Gasteiger partial charge in [0.15, 0.2) is 0 Å². The minimum absolute atomic E-state index is 0.0517. The molecule has 0 bridgehead atoms. The molecule has 160 valence electrons. The summed E-state index contributed by atoms with van der Waals surface area (Å²) in [4.78, 5) is 16.4. The van der Waals surface area contributed by atoms with Gasteiger partial charge in [-0.05, 0) is 63.2 Å². The first-order valence-electron chi connectivity index (χ1n) is 10.3. The Kier molecular flexibility index (Phi) is 6.20. The minimum atomic E-state index is -3.80. The van der Waals surface area contributed by atoms with E-state index in [0.29, 0.717) is 26.2 Å². The van der Waals surface area contributed by atoms with Crippen LogP contribution in [0.2, 0.25) is 0 Å². The van der Waals surface area contributed by atoms with Crippen LogP contribution in [0, 0.1) is 5.82 Å². The average molecular weight is 442 g/mol. The number of rotatable bonds is 5. The van der Waals surface area contributed by atoms with E-state index >= 15 is 0 Å². The van der Waals surface area contributed by atoms with Gasteiger partial charge in [0, 0.05) is 37.5 Å². The van der Waals surface area contributed by atoms with Crippen molar-refractivity contribution in [3.05, 3.63) is 29.6 Å². The second-order valence-corrected chi connectivity index (χ2v) is 11.1. The number of thioether (sulfide) groups is 1. The van der Waals surface area contributed by atoms with Gasteiger partial charge in [-0.1, -0.05) is 0 Å². The van der Waals surface area contributed by atoms with Gasteiger partial charge in [-0.25, -0.2) is 12.8 Å². The third-order valence-electron chi connectivity index (χ3n) is 6.32. The zero-order valence-corrected chi connectivity index (χ0v) is 18.4. The predicted molar refractivity (Wildman–Crippen MR) is 112 cm³/mol.